The molecule has 6 heteroatoms. The first kappa shape index (κ1) is 16.7. The van der Waals surface area contributed by atoms with E-state index < -0.39 is 5.97 Å². The van der Waals surface area contributed by atoms with Crippen LogP contribution in [0.2, 0.25) is 0 Å². The van der Waals surface area contributed by atoms with E-state index in [1.807, 2.05) is 13.0 Å². The van der Waals surface area contributed by atoms with Crippen LogP contribution in [0.25, 0.3) is 6.08 Å². The van der Waals surface area contributed by atoms with Crippen molar-refractivity contribution in [2.45, 2.75) is 6.92 Å². The Morgan fingerprint density at radius 1 is 1.08 bits per heavy atom. The van der Waals surface area contributed by atoms with Crippen molar-refractivity contribution in [2.75, 3.05) is 14.2 Å². The predicted octanol–water partition coefficient (Wildman–Crippen LogP) is 3.50. The molecule has 0 unspecified atom stereocenters. The number of benzene rings is 2. The van der Waals surface area contributed by atoms with Crippen molar-refractivity contribution in [1.82, 2.24) is 0 Å². The SMILES string of the molecule is COc1cc(/C=C2/N=C(c3ccc(F)cc3)OC2=O)c(OC)cc1C. The smallest absolute Gasteiger partial charge is 0.363 e. The lowest BCUT2D eigenvalue weighted by Crippen LogP contribution is -2.05. The second-order valence-corrected chi connectivity index (χ2v) is 5.41. The van der Waals surface area contributed by atoms with Gasteiger partial charge in [0.1, 0.15) is 17.3 Å². The lowest BCUT2D eigenvalue weighted by Gasteiger charge is -2.10. The van der Waals surface area contributed by atoms with Crippen LogP contribution in [0.15, 0.2) is 47.1 Å². The second-order valence-electron chi connectivity index (χ2n) is 5.41. The number of esters is 1. The molecule has 128 valence electrons. The van der Waals surface area contributed by atoms with Gasteiger partial charge in [0.15, 0.2) is 5.70 Å². The maximum Gasteiger partial charge on any atom is 0.363 e. The summed E-state index contributed by atoms with van der Waals surface area (Å²) in [5, 5.41) is 0. The normalized spacial score (nSPS) is 15.1. The topological polar surface area (TPSA) is 57.1 Å². The first-order chi connectivity index (χ1) is 12.0. The Labute approximate surface area is 144 Å². The van der Waals surface area contributed by atoms with Crippen LogP contribution in [0, 0.1) is 12.7 Å². The van der Waals surface area contributed by atoms with Gasteiger partial charge >= 0.3 is 5.97 Å². The lowest BCUT2D eigenvalue weighted by molar-refractivity contribution is -0.129. The van der Waals surface area contributed by atoms with Gasteiger partial charge in [-0.15, -0.1) is 0 Å². The maximum atomic E-state index is 13.0. The van der Waals surface area contributed by atoms with Gasteiger partial charge < -0.3 is 14.2 Å². The molecule has 2 aromatic rings. The number of carbonyl (C=O) groups excluding carboxylic acids is 1. The van der Waals surface area contributed by atoms with E-state index in [0.717, 1.165) is 5.56 Å². The molecule has 5 nitrogen and oxygen atoms in total. The van der Waals surface area contributed by atoms with Crippen LogP contribution < -0.4 is 9.47 Å². The largest absolute Gasteiger partial charge is 0.496 e. The molecule has 0 atom stereocenters. The minimum absolute atomic E-state index is 0.128. The zero-order valence-electron chi connectivity index (χ0n) is 14.0. The van der Waals surface area contributed by atoms with Gasteiger partial charge in [-0.3, -0.25) is 0 Å². The molecule has 1 aliphatic rings. The summed E-state index contributed by atoms with van der Waals surface area (Å²) in [6, 6.07) is 9.14. The van der Waals surface area contributed by atoms with Gasteiger partial charge in [-0.25, -0.2) is 14.2 Å². The predicted molar refractivity (Wildman–Crippen MR) is 91.3 cm³/mol. The molecular weight excluding hydrogens is 325 g/mol. The fraction of sp³-hybridized carbons (Fsp3) is 0.158. The van der Waals surface area contributed by atoms with Gasteiger partial charge in [0.05, 0.1) is 14.2 Å². The number of hydrogen-bond acceptors (Lipinski definition) is 5. The molecule has 1 aliphatic heterocycles. The summed E-state index contributed by atoms with van der Waals surface area (Å²) in [6.45, 7) is 1.90. The van der Waals surface area contributed by atoms with E-state index in [4.69, 9.17) is 14.2 Å². The third-order valence-corrected chi connectivity index (χ3v) is 3.75. The number of nitrogens with zero attached hydrogens (tertiary/aromatic N) is 1. The Morgan fingerprint density at radius 3 is 2.40 bits per heavy atom. The monoisotopic (exact) mass is 341 g/mol. The number of methoxy groups -OCH3 is 2. The van der Waals surface area contributed by atoms with E-state index in [0.29, 0.717) is 22.6 Å². The Balaban J connectivity index is 2.01. The van der Waals surface area contributed by atoms with Crippen molar-refractivity contribution in [1.29, 1.82) is 0 Å². The fourth-order valence-corrected chi connectivity index (χ4v) is 2.46. The highest BCUT2D eigenvalue weighted by Gasteiger charge is 2.24. The van der Waals surface area contributed by atoms with Crippen LogP contribution in [0.3, 0.4) is 0 Å². The Kier molecular flexibility index (Phi) is 4.52. The van der Waals surface area contributed by atoms with Gasteiger partial charge in [-0.1, -0.05) is 0 Å². The van der Waals surface area contributed by atoms with E-state index in [1.54, 1.807) is 26.4 Å². The summed E-state index contributed by atoms with van der Waals surface area (Å²) in [4.78, 5) is 16.3. The van der Waals surface area contributed by atoms with Gasteiger partial charge in [0.2, 0.25) is 5.90 Å². The highest BCUT2D eigenvalue weighted by molar-refractivity contribution is 6.12. The molecular formula is C19H16FNO4. The molecule has 0 aliphatic carbocycles. The van der Waals surface area contributed by atoms with Crippen LogP contribution in [0.4, 0.5) is 4.39 Å². The molecule has 0 fully saturated rings. The van der Waals surface area contributed by atoms with E-state index in [-0.39, 0.29) is 17.4 Å². The number of cyclic esters (lactones) is 1. The Bertz CT molecular complexity index is 885. The summed E-state index contributed by atoms with van der Waals surface area (Å²) in [7, 11) is 3.11. The summed E-state index contributed by atoms with van der Waals surface area (Å²) in [5.41, 5.74) is 2.20. The average Bonchev–Trinajstić information content (AvgIpc) is 2.97. The van der Waals surface area contributed by atoms with Gasteiger partial charge in [0.25, 0.3) is 0 Å². The van der Waals surface area contributed by atoms with E-state index >= 15 is 0 Å². The third-order valence-electron chi connectivity index (χ3n) is 3.75. The number of ether oxygens (including phenoxy) is 3. The van der Waals surface area contributed by atoms with Crippen molar-refractivity contribution in [3.63, 3.8) is 0 Å². The standard InChI is InChI=1S/C19H16FNO4/c1-11-8-17(24-3)13(10-16(11)23-2)9-15-19(22)25-18(21-15)12-4-6-14(20)7-5-12/h4-10H,1-3H3/b15-9+. The molecule has 1 heterocycles. The molecule has 0 N–H and O–H groups in total. The quantitative estimate of drug-likeness (QED) is 0.631. The zero-order valence-corrected chi connectivity index (χ0v) is 14.0. The molecule has 0 bridgehead atoms. The summed E-state index contributed by atoms with van der Waals surface area (Å²) >= 11 is 0. The van der Waals surface area contributed by atoms with Gasteiger partial charge in [-0.05, 0) is 55.0 Å². The number of carbonyl (C=O) groups is 1. The number of rotatable bonds is 4. The van der Waals surface area contributed by atoms with Crippen LogP contribution in [-0.2, 0) is 9.53 Å². The van der Waals surface area contributed by atoms with Crippen molar-refractivity contribution in [2.24, 2.45) is 4.99 Å². The zero-order chi connectivity index (χ0) is 18.0. The van der Waals surface area contributed by atoms with Gasteiger partial charge in [0, 0.05) is 11.1 Å². The lowest BCUT2D eigenvalue weighted by atomic mass is 10.1. The number of aliphatic imine (C=N–C) groups is 1. The molecule has 2 aromatic carbocycles. The summed E-state index contributed by atoms with van der Waals surface area (Å²) in [6.07, 6.45) is 1.57. The molecule has 0 radical (unpaired) electrons. The maximum absolute atomic E-state index is 13.0. The van der Waals surface area contributed by atoms with Crippen LogP contribution in [0.5, 0.6) is 11.5 Å². The molecule has 0 amide bonds. The molecule has 0 saturated carbocycles. The van der Waals surface area contributed by atoms with Crippen molar-refractivity contribution in [3.05, 3.63) is 64.6 Å². The van der Waals surface area contributed by atoms with Crippen molar-refractivity contribution < 1.29 is 23.4 Å². The Morgan fingerprint density at radius 2 is 1.76 bits per heavy atom. The minimum atomic E-state index is -0.582. The van der Waals surface area contributed by atoms with Crippen molar-refractivity contribution in [3.8, 4) is 11.5 Å². The highest BCUT2D eigenvalue weighted by atomic mass is 19.1. The average molecular weight is 341 g/mol. The highest BCUT2D eigenvalue weighted by Crippen LogP contribution is 2.31. The molecule has 25 heavy (non-hydrogen) atoms. The second kappa shape index (κ2) is 6.76. The summed E-state index contributed by atoms with van der Waals surface area (Å²) < 4.78 is 28.9. The number of aryl methyl sites for hydroxylation is 1. The van der Waals surface area contributed by atoms with Crippen LogP contribution >= 0.6 is 0 Å². The molecule has 0 saturated heterocycles. The van der Waals surface area contributed by atoms with E-state index in [9.17, 15) is 9.18 Å². The number of halogens is 1. The molecule has 0 spiro atoms. The van der Waals surface area contributed by atoms with Crippen LogP contribution in [0.1, 0.15) is 16.7 Å². The van der Waals surface area contributed by atoms with Crippen molar-refractivity contribution >= 4 is 17.9 Å². The number of hydrogen-bond donors (Lipinski definition) is 0. The first-order valence-electron chi connectivity index (χ1n) is 7.53. The summed E-state index contributed by atoms with van der Waals surface area (Å²) in [5.74, 6) is 0.432. The molecule has 0 aromatic heterocycles. The van der Waals surface area contributed by atoms with Gasteiger partial charge in [-0.2, -0.15) is 0 Å². The minimum Gasteiger partial charge on any atom is -0.496 e. The van der Waals surface area contributed by atoms with E-state index in [2.05, 4.69) is 4.99 Å². The third kappa shape index (κ3) is 3.38. The fourth-order valence-electron chi connectivity index (χ4n) is 2.46. The Hall–Kier alpha value is -3.15. The first-order valence-corrected chi connectivity index (χ1v) is 7.53. The van der Waals surface area contributed by atoms with E-state index in [1.165, 1.54) is 24.3 Å². The molecule has 3 rings (SSSR count). The van der Waals surface area contributed by atoms with Crippen LogP contribution in [-0.4, -0.2) is 26.1 Å².